The average Bonchev–Trinajstić information content (AvgIpc) is 3.04. The molecule has 7 heteroatoms. The lowest BCUT2D eigenvalue weighted by Gasteiger charge is -2.33. The fourth-order valence-corrected chi connectivity index (χ4v) is 4.52. The highest BCUT2D eigenvalue weighted by molar-refractivity contribution is 9.10. The Bertz CT molecular complexity index is 1070. The summed E-state index contributed by atoms with van der Waals surface area (Å²) in [6.45, 7) is 1.28. The van der Waals surface area contributed by atoms with Crippen LogP contribution in [0, 0.1) is 0 Å². The SMILES string of the molecule is COc1ccc(CC(=O)N2CCC[C@H](n3c(=O)[nH]c4ccccc43)C2)cc1Br. The second-order valence-corrected chi connectivity index (χ2v) is 7.95. The number of methoxy groups -OCH3 is 1. The third kappa shape index (κ3) is 3.58. The van der Waals surface area contributed by atoms with E-state index in [2.05, 4.69) is 20.9 Å². The van der Waals surface area contributed by atoms with E-state index in [-0.39, 0.29) is 17.6 Å². The monoisotopic (exact) mass is 443 g/mol. The minimum Gasteiger partial charge on any atom is -0.496 e. The molecule has 2 heterocycles. The smallest absolute Gasteiger partial charge is 0.326 e. The summed E-state index contributed by atoms with van der Waals surface area (Å²) in [6.07, 6.45) is 2.10. The molecule has 1 saturated heterocycles. The molecule has 4 rings (SSSR count). The molecule has 0 aliphatic carbocycles. The molecule has 1 N–H and O–H groups in total. The number of nitrogens with one attached hydrogen (secondary N) is 1. The fourth-order valence-electron chi connectivity index (χ4n) is 3.94. The summed E-state index contributed by atoms with van der Waals surface area (Å²) in [5, 5.41) is 0. The molecular weight excluding hydrogens is 422 g/mol. The predicted octanol–water partition coefficient (Wildman–Crippen LogP) is 3.51. The van der Waals surface area contributed by atoms with Crippen LogP contribution in [0.25, 0.3) is 11.0 Å². The molecular formula is C21H22BrN3O3. The summed E-state index contributed by atoms with van der Waals surface area (Å²) >= 11 is 3.47. The number of carbonyl (C=O) groups is 1. The van der Waals surface area contributed by atoms with Crippen LogP contribution in [0.4, 0.5) is 0 Å². The minimum atomic E-state index is -0.111. The zero-order valence-corrected chi connectivity index (χ0v) is 17.2. The number of benzene rings is 2. The Labute approximate surface area is 171 Å². The first-order valence-electron chi connectivity index (χ1n) is 9.36. The molecule has 28 heavy (non-hydrogen) atoms. The van der Waals surface area contributed by atoms with Gasteiger partial charge in [0, 0.05) is 13.1 Å². The Hall–Kier alpha value is -2.54. The van der Waals surface area contributed by atoms with Crippen molar-refractivity contribution in [1.29, 1.82) is 0 Å². The van der Waals surface area contributed by atoms with Crippen molar-refractivity contribution in [2.75, 3.05) is 20.2 Å². The van der Waals surface area contributed by atoms with E-state index in [9.17, 15) is 9.59 Å². The van der Waals surface area contributed by atoms with E-state index in [1.54, 1.807) is 11.7 Å². The number of hydrogen-bond acceptors (Lipinski definition) is 3. The number of para-hydroxylation sites is 2. The van der Waals surface area contributed by atoms with E-state index in [0.29, 0.717) is 13.0 Å². The summed E-state index contributed by atoms with van der Waals surface area (Å²) in [5.41, 5.74) is 2.55. The number of fused-ring (bicyclic) bond motifs is 1. The Kier molecular flexibility index (Phi) is 5.26. The van der Waals surface area contributed by atoms with Crippen LogP contribution in [0.5, 0.6) is 5.75 Å². The fraction of sp³-hybridized carbons (Fsp3) is 0.333. The van der Waals surface area contributed by atoms with Gasteiger partial charge in [-0.2, -0.15) is 0 Å². The normalized spacial score (nSPS) is 17.1. The number of carbonyl (C=O) groups excluding carboxylic acids is 1. The standard InChI is InChI=1S/C21H22BrN3O3/c1-28-19-9-8-14(11-16(19)22)12-20(26)24-10-4-5-15(13-24)25-18-7-3-2-6-17(18)23-21(25)27/h2-3,6-9,11,15H,4-5,10,12-13H2,1H3,(H,23,27)/t15-/m0/s1. The lowest BCUT2D eigenvalue weighted by molar-refractivity contribution is -0.132. The Balaban J connectivity index is 1.52. The first kappa shape index (κ1) is 18.8. The third-order valence-electron chi connectivity index (χ3n) is 5.31. The molecule has 6 nitrogen and oxygen atoms in total. The number of imidazole rings is 1. The number of likely N-dealkylation sites (tertiary alicyclic amines) is 1. The molecule has 1 aromatic heterocycles. The van der Waals surface area contributed by atoms with Crippen LogP contribution in [-0.4, -0.2) is 40.6 Å². The molecule has 146 valence electrons. The lowest BCUT2D eigenvalue weighted by Crippen LogP contribution is -2.43. The number of halogens is 1. The molecule has 1 fully saturated rings. The van der Waals surface area contributed by atoms with Crippen molar-refractivity contribution in [2.24, 2.45) is 0 Å². The van der Waals surface area contributed by atoms with Crippen LogP contribution in [0.3, 0.4) is 0 Å². The van der Waals surface area contributed by atoms with Crippen LogP contribution >= 0.6 is 15.9 Å². The maximum absolute atomic E-state index is 12.9. The van der Waals surface area contributed by atoms with Crippen LogP contribution < -0.4 is 10.4 Å². The number of rotatable bonds is 4. The summed E-state index contributed by atoms with van der Waals surface area (Å²) in [6, 6.07) is 13.4. The van der Waals surface area contributed by atoms with Crippen molar-refractivity contribution < 1.29 is 9.53 Å². The number of amides is 1. The molecule has 0 bridgehead atoms. The van der Waals surface area contributed by atoms with Gasteiger partial charge in [0.25, 0.3) is 0 Å². The quantitative estimate of drug-likeness (QED) is 0.670. The second-order valence-electron chi connectivity index (χ2n) is 7.10. The van der Waals surface area contributed by atoms with E-state index >= 15 is 0 Å². The Morgan fingerprint density at radius 2 is 2.11 bits per heavy atom. The van der Waals surface area contributed by atoms with Gasteiger partial charge in [0.05, 0.1) is 35.1 Å². The van der Waals surface area contributed by atoms with Gasteiger partial charge in [-0.3, -0.25) is 9.36 Å². The maximum atomic E-state index is 12.9. The van der Waals surface area contributed by atoms with Crippen molar-refractivity contribution in [3.05, 3.63) is 63.0 Å². The van der Waals surface area contributed by atoms with Crippen molar-refractivity contribution in [1.82, 2.24) is 14.5 Å². The molecule has 0 radical (unpaired) electrons. The molecule has 0 saturated carbocycles. The topological polar surface area (TPSA) is 67.3 Å². The number of hydrogen-bond donors (Lipinski definition) is 1. The molecule has 1 atom stereocenters. The number of nitrogens with zero attached hydrogens (tertiary/aromatic N) is 2. The summed E-state index contributed by atoms with van der Waals surface area (Å²) in [7, 11) is 1.62. The first-order valence-corrected chi connectivity index (χ1v) is 10.2. The van der Waals surface area contributed by atoms with Crippen molar-refractivity contribution in [3.63, 3.8) is 0 Å². The Morgan fingerprint density at radius 3 is 2.89 bits per heavy atom. The molecule has 1 aliphatic rings. The van der Waals surface area contributed by atoms with Crippen LogP contribution in [0.2, 0.25) is 0 Å². The minimum absolute atomic E-state index is 0.0102. The third-order valence-corrected chi connectivity index (χ3v) is 5.93. The molecule has 3 aromatic rings. The van der Waals surface area contributed by atoms with E-state index in [1.165, 1.54) is 0 Å². The number of piperidine rings is 1. The van der Waals surface area contributed by atoms with Gasteiger partial charge in [0.15, 0.2) is 0 Å². The number of aromatic amines is 1. The summed E-state index contributed by atoms with van der Waals surface area (Å²) < 4.78 is 7.89. The van der Waals surface area contributed by atoms with Gasteiger partial charge >= 0.3 is 5.69 Å². The summed E-state index contributed by atoms with van der Waals surface area (Å²) in [5.74, 6) is 0.822. The maximum Gasteiger partial charge on any atom is 0.326 e. The van der Waals surface area contributed by atoms with Crippen LogP contribution in [0.1, 0.15) is 24.4 Å². The molecule has 1 amide bonds. The zero-order valence-electron chi connectivity index (χ0n) is 15.7. The molecule has 0 unspecified atom stereocenters. The number of H-pyrrole nitrogens is 1. The van der Waals surface area contributed by atoms with Crippen molar-refractivity contribution in [3.8, 4) is 5.75 Å². The van der Waals surface area contributed by atoms with E-state index in [4.69, 9.17) is 4.74 Å². The second kappa shape index (κ2) is 7.83. The Morgan fingerprint density at radius 1 is 1.29 bits per heavy atom. The van der Waals surface area contributed by atoms with E-state index in [0.717, 1.165) is 46.2 Å². The highest BCUT2D eigenvalue weighted by Crippen LogP contribution is 2.27. The predicted molar refractivity (Wildman–Crippen MR) is 112 cm³/mol. The summed E-state index contributed by atoms with van der Waals surface area (Å²) in [4.78, 5) is 30.2. The van der Waals surface area contributed by atoms with E-state index in [1.807, 2.05) is 47.4 Å². The van der Waals surface area contributed by atoms with Gasteiger partial charge in [-0.05, 0) is 58.6 Å². The largest absolute Gasteiger partial charge is 0.496 e. The molecule has 2 aromatic carbocycles. The zero-order chi connectivity index (χ0) is 19.7. The van der Waals surface area contributed by atoms with Gasteiger partial charge in [-0.15, -0.1) is 0 Å². The lowest BCUT2D eigenvalue weighted by atomic mass is 10.0. The van der Waals surface area contributed by atoms with Gasteiger partial charge in [-0.1, -0.05) is 18.2 Å². The van der Waals surface area contributed by atoms with Crippen LogP contribution in [0.15, 0.2) is 51.7 Å². The van der Waals surface area contributed by atoms with E-state index < -0.39 is 0 Å². The highest BCUT2D eigenvalue weighted by atomic mass is 79.9. The van der Waals surface area contributed by atoms with Gasteiger partial charge in [0.2, 0.25) is 5.91 Å². The van der Waals surface area contributed by atoms with Crippen LogP contribution in [-0.2, 0) is 11.2 Å². The van der Waals surface area contributed by atoms with Crippen molar-refractivity contribution >= 4 is 32.9 Å². The van der Waals surface area contributed by atoms with Crippen molar-refractivity contribution in [2.45, 2.75) is 25.3 Å². The number of aromatic nitrogens is 2. The number of ether oxygens (including phenoxy) is 1. The highest BCUT2D eigenvalue weighted by Gasteiger charge is 2.27. The average molecular weight is 444 g/mol. The van der Waals surface area contributed by atoms with Gasteiger partial charge in [0.1, 0.15) is 5.75 Å². The first-order chi connectivity index (χ1) is 13.6. The molecule has 0 spiro atoms. The molecule has 1 aliphatic heterocycles. The van der Waals surface area contributed by atoms with Gasteiger partial charge < -0.3 is 14.6 Å². The van der Waals surface area contributed by atoms with Gasteiger partial charge in [-0.25, -0.2) is 4.79 Å².